The Bertz CT molecular complexity index is 734. The molecule has 1 aromatic carbocycles. The van der Waals surface area contributed by atoms with Crippen LogP contribution < -0.4 is 0 Å². The van der Waals surface area contributed by atoms with E-state index in [0.717, 1.165) is 29.9 Å². The van der Waals surface area contributed by atoms with Crippen LogP contribution in [0.25, 0.3) is 11.0 Å². The number of hydrogen-bond acceptors (Lipinski definition) is 2. The molecule has 0 spiro atoms. The second-order valence-corrected chi connectivity index (χ2v) is 5.45. The first-order valence-corrected chi connectivity index (χ1v) is 7.34. The Morgan fingerprint density at radius 3 is 2.60 bits per heavy atom. The van der Waals surface area contributed by atoms with E-state index in [0.29, 0.717) is 15.9 Å². The standard InChI is InChI=1S/C13H11Cl3N4/c14-7-13-18-11-5-9(15)10(16)6-12(11)20(13)4-3-19-2-1-17-8-19/h1-2,5-6,8H,3-4,7H2. The highest BCUT2D eigenvalue weighted by Gasteiger charge is 2.12. The minimum atomic E-state index is 0.341. The molecule has 7 heteroatoms. The molecular formula is C13H11Cl3N4. The Kier molecular flexibility index (Phi) is 3.87. The van der Waals surface area contributed by atoms with Gasteiger partial charge in [-0.05, 0) is 12.1 Å². The van der Waals surface area contributed by atoms with Crippen molar-refractivity contribution in [1.82, 2.24) is 19.1 Å². The molecule has 4 nitrogen and oxygen atoms in total. The first-order valence-electron chi connectivity index (χ1n) is 6.05. The molecule has 20 heavy (non-hydrogen) atoms. The van der Waals surface area contributed by atoms with E-state index in [1.165, 1.54) is 0 Å². The van der Waals surface area contributed by atoms with E-state index in [9.17, 15) is 0 Å². The van der Waals surface area contributed by atoms with E-state index < -0.39 is 0 Å². The summed E-state index contributed by atoms with van der Waals surface area (Å²) in [5, 5.41) is 1.02. The number of hydrogen-bond donors (Lipinski definition) is 0. The molecule has 3 aromatic rings. The Labute approximate surface area is 130 Å². The van der Waals surface area contributed by atoms with E-state index in [1.54, 1.807) is 18.6 Å². The molecule has 0 N–H and O–H groups in total. The van der Waals surface area contributed by atoms with Gasteiger partial charge in [0, 0.05) is 25.5 Å². The molecule has 0 bridgehead atoms. The molecule has 0 aliphatic heterocycles. The van der Waals surface area contributed by atoms with Crippen molar-refractivity contribution in [1.29, 1.82) is 0 Å². The number of nitrogens with zero attached hydrogens (tertiary/aromatic N) is 4. The van der Waals surface area contributed by atoms with Gasteiger partial charge in [0.2, 0.25) is 0 Å². The summed E-state index contributed by atoms with van der Waals surface area (Å²) in [4.78, 5) is 8.52. The second-order valence-electron chi connectivity index (χ2n) is 4.37. The van der Waals surface area contributed by atoms with Gasteiger partial charge in [0.1, 0.15) is 5.82 Å². The average molecular weight is 330 g/mol. The zero-order valence-corrected chi connectivity index (χ0v) is 12.7. The van der Waals surface area contributed by atoms with Crippen LogP contribution in [0, 0.1) is 0 Å². The monoisotopic (exact) mass is 328 g/mol. The van der Waals surface area contributed by atoms with Crippen LogP contribution in [-0.2, 0) is 19.0 Å². The van der Waals surface area contributed by atoms with Crippen LogP contribution in [0.2, 0.25) is 10.0 Å². The highest BCUT2D eigenvalue weighted by atomic mass is 35.5. The highest BCUT2D eigenvalue weighted by molar-refractivity contribution is 6.42. The van der Waals surface area contributed by atoms with Crippen molar-refractivity contribution < 1.29 is 0 Å². The fourth-order valence-corrected chi connectivity index (χ4v) is 2.68. The van der Waals surface area contributed by atoms with Crippen molar-refractivity contribution in [2.24, 2.45) is 0 Å². The average Bonchev–Trinajstić information content (AvgIpc) is 3.05. The van der Waals surface area contributed by atoms with Crippen LogP contribution in [0.5, 0.6) is 0 Å². The van der Waals surface area contributed by atoms with Gasteiger partial charge < -0.3 is 9.13 Å². The van der Waals surface area contributed by atoms with Gasteiger partial charge in [-0.3, -0.25) is 0 Å². The maximum absolute atomic E-state index is 6.09. The van der Waals surface area contributed by atoms with Gasteiger partial charge >= 0.3 is 0 Å². The Morgan fingerprint density at radius 2 is 1.90 bits per heavy atom. The van der Waals surface area contributed by atoms with E-state index in [4.69, 9.17) is 34.8 Å². The fourth-order valence-electron chi connectivity index (χ4n) is 2.16. The number of fused-ring (bicyclic) bond motifs is 1. The quantitative estimate of drug-likeness (QED) is 0.679. The summed E-state index contributed by atoms with van der Waals surface area (Å²) in [5.41, 5.74) is 1.75. The van der Waals surface area contributed by atoms with E-state index >= 15 is 0 Å². The highest BCUT2D eigenvalue weighted by Crippen LogP contribution is 2.28. The van der Waals surface area contributed by atoms with Crippen LogP contribution in [0.15, 0.2) is 30.9 Å². The summed E-state index contributed by atoms with van der Waals surface area (Å²) in [5.74, 6) is 1.15. The first kappa shape index (κ1) is 13.7. The molecule has 3 rings (SSSR count). The van der Waals surface area contributed by atoms with Crippen molar-refractivity contribution in [2.75, 3.05) is 0 Å². The molecule has 2 heterocycles. The van der Waals surface area contributed by atoms with Gasteiger partial charge in [-0.1, -0.05) is 23.2 Å². The van der Waals surface area contributed by atoms with Crippen molar-refractivity contribution in [3.8, 4) is 0 Å². The number of aromatic nitrogens is 4. The summed E-state index contributed by atoms with van der Waals surface area (Å²) < 4.78 is 4.06. The third-order valence-electron chi connectivity index (χ3n) is 3.13. The van der Waals surface area contributed by atoms with Gasteiger partial charge in [0.25, 0.3) is 0 Å². The van der Waals surface area contributed by atoms with E-state index in [2.05, 4.69) is 14.5 Å². The number of rotatable bonds is 4. The third-order valence-corrected chi connectivity index (χ3v) is 4.09. The Balaban J connectivity index is 2.01. The van der Waals surface area contributed by atoms with Gasteiger partial charge in [-0.25, -0.2) is 9.97 Å². The lowest BCUT2D eigenvalue weighted by atomic mass is 10.3. The number of alkyl halides is 1. The smallest absolute Gasteiger partial charge is 0.124 e. The minimum absolute atomic E-state index is 0.341. The molecule has 0 amide bonds. The Morgan fingerprint density at radius 1 is 1.10 bits per heavy atom. The zero-order chi connectivity index (χ0) is 14.1. The molecule has 104 valence electrons. The SMILES string of the molecule is ClCc1nc2cc(Cl)c(Cl)cc2n1CCn1ccnc1. The lowest BCUT2D eigenvalue weighted by Crippen LogP contribution is -2.08. The molecule has 0 atom stereocenters. The van der Waals surface area contributed by atoms with Crippen LogP contribution in [0.4, 0.5) is 0 Å². The zero-order valence-electron chi connectivity index (χ0n) is 10.4. The van der Waals surface area contributed by atoms with Crippen molar-refractivity contribution >= 4 is 45.8 Å². The second kappa shape index (κ2) is 5.64. The Hall–Kier alpha value is -1.23. The van der Waals surface area contributed by atoms with E-state index in [1.807, 2.05) is 16.8 Å². The molecule has 2 aromatic heterocycles. The summed E-state index contributed by atoms with van der Waals surface area (Å²) >= 11 is 18.1. The lowest BCUT2D eigenvalue weighted by molar-refractivity contribution is 0.577. The number of halogens is 3. The summed E-state index contributed by atoms with van der Waals surface area (Å²) in [7, 11) is 0. The number of aryl methyl sites for hydroxylation is 2. The van der Waals surface area contributed by atoms with Crippen molar-refractivity contribution in [3.63, 3.8) is 0 Å². The maximum Gasteiger partial charge on any atom is 0.124 e. The van der Waals surface area contributed by atoms with Crippen LogP contribution in [0.3, 0.4) is 0 Å². The topological polar surface area (TPSA) is 35.6 Å². The predicted molar refractivity (Wildman–Crippen MR) is 81.5 cm³/mol. The first-order chi connectivity index (χ1) is 9.69. The molecule has 0 saturated carbocycles. The third kappa shape index (κ3) is 2.51. The van der Waals surface area contributed by atoms with Gasteiger partial charge in [0.15, 0.2) is 0 Å². The van der Waals surface area contributed by atoms with Crippen LogP contribution in [0.1, 0.15) is 5.82 Å². The molecule has 0 aliphatic carbocycles. The molecule has 0 aliphatic rings. The maximum atomic E-state index is 6.09. The molecule has 0 saturated heterocycles. The van der Waals surface area contributed by atoms with Crippen molar-refractivity contribution in [2.45, 2.75) is 19.0 Å². The van der Waals surface area contributed by atoms with E-state index in [-0.39, 0.29) is 0 Å². The van der Waals surface area contributed by atoms with Crippen LogP contribution >= 0.6 is 34.8 Å². The largest absolute Gasteiger partial charge is 0.336 e. The summed E-state index contributed by atoms with van der Waals surface area (Å²) in [6.07, 6.45) is 5.46. The van der Waals surface area contributed by atoms with Gasteiger partial charge in [0.05, 0.1) is 33.3 Å². The van der Waals surface area contributed by atoms with Crippen LogP contribution in [-0.4, -0.2) is 19.1 Å². The van der Waals surface area contributed by atoms with Gasteiger partial charge in [-0.2, -0.15) is 0 Å². The normalized spacial score (nSPS) is 11.3. The number of benzene rings is 1. The lowest BCUT2D eigenvalue weighted by Gasteiger charge is -2.08. The predicted octanol–water partition coefficient (Wildman–Crippen LogP) is 3.98. The molecule has 0 fully saturated rings. The summed E-state index contributed by atoms with van der Waals surface area (Å²) in [6.45, 7) is 1.53. The fraction of sp³-hybridized carbons (Fsp3) is 0.231. The molecule has 0 unspecified atom stereocenters. The minimum Gasteiger partial charge on any atom is -0.336 e. The van der Waals surface area contributed by atoms with Gasteiger partial charge in [-0.15, -0.1) is 11.6 Å². The number of imidazole rings is 2. The molecular weight excluding hydrogens is 319 g/mol. The molecule has 0 radical (unpaired) electrons. The summed E-state index contributed by atoms with van der Waals surface area (Å²) in [6, 6.07) is 3.60. The van der Waals surface area contributed by atoms with Crippen molar-refractivity contribution in [3.05, 3.63) is 46.7 Å².